The first kappa shape index (κ1) is 15.6. The van der Waals surface area contributed by atoms with Crippen molar-refractivity contribution in [1.82, 2.24) is 0 Å². The smallest absolute Gasteiger partial charge is 0.132 e. The average molecular weight is 269 g/mol. The minimum atomic E-state index is -0.798. The number of nitrogens with two attached hydrogens (primary N) is 1. The topological polar surface area (TPSA) is 73.9 Å². The summed E-state index contributed by atoms with van der Waals surface area (Å²) in [6.45, 7) is 4.12. The number of rotatable bonds is 6. The summed E-state index contributed by atoms with van der Waals surface area (Å²) in [4.78, 5) is 0. The molecule has 0 saturated carbocycles. The average Bonchev–Trinajstić information content (AvgIpc) is 2.44. The Morgan fingerprint density at radius 2 is 1.58 bits per heavy atom. The Morgan fingerprint density at radius 1 is 1.11 bits per heavy atom. The molecule has 0 aliphatic heterocycles. The number of hydrogen-bond acceptors (Lipinski definition) is 5. The molecule has 0 aliphatic rings. The largest absolute Gasteiger partial charge is 0.496 e. The maximum Gasteiger partial charge on any atom is 0.132 e. The highest BCUT2D eigenvalue weighted by molar-refractivity contribution is 5.52. The van der Waals surface area contributed by atoms with Gasteiger partial charge in [-0.05, 0) is 0 Å². The van der Waals surface area contributed by atoms with Gasteiger partial charge in [0, 0.05) is 24.1 Å². The molecular formula is C14H23NO4. The molecule has 0 spiro atoms. The van der Waals surface area contributed by atoms with Crippen LogP contribution < -0.4 is 19.9 Å². The van der Waals surface area contributed by atoms with E-state index in [4.69, 9.17) is 19.9 Å². The molecular weight excluding hydrogens is 246 g/mol. The lowest BCUT2D eigenvalue weighted by molar-refractivity contribution is 0.0511. The van der Waals surface area contributed by atoms with Gasteiger partial charge >= 0.3 is 0 Å². The molecule has 19 heavy (non-hydrogen) atoms. The molecule has 5 heteroatoms. The van der Waals surface area contributed by atoms with Crippen molar-refractivity contribution in [3.05, 3.63) is 17.7 Å². The van der Waals surface area contributed by atoms with Crippen LogP contribution in [0.3, 0.4) is 0 Å². The van der Waals surface area contributed by atoms with Gasteiger partial charge in [-0.2, -0.15) is 0 Å². The van der Waals surface area contributed by atoms with Crippen molar-refractivity contribution in [3.8, 4) is 17.2 Å². The molecule has 1 rings (SSSR count). The Kier molecular flexibility index (Phi) is 5.03. The molecule has 1 unspecified atom stereocenters. The van der Waals surface area contributed by atoms with Crippen LogP contribution in [0.5, 0.6) is 17.2 Å². The number of aliphatic hydroxyl groups excluding tert-OH is 1. The number of benzene rings is 1. The quantitative estimate of drug-likeness (QED) is 0.822. The highest BCUT2D eigenvalue weighted by atomic mass is 16.5. The molecule has 0 amide bonds. The van der Waals surface area contributed by atoms with E-state index in [1.54, 1.807) is 33.5 Å². The van der Waals surface area contributed by atoms with Crippen LogP contribution in [0.1, 0.15) is 25.5 Å². The fraction of sp³-hybridized carbons (Fsp3) is 0.571. The summed E-state index contributed by atoms with van der Waals surface area (Å²) in [5.74, 6) is 1.64. The van der Waals surface area contributed by atoms with Crippen molar-refractivity contribution in [3.63, 3.8) is 0 Å². The molecule has 1 atom stereocenters. The fourth-order valence-corrected chi connectivity index (χ4v) is 1.80. The SMILES string of the molecule is COc1cc(OC)c(C(O)C(C)(C)CN)c(OC)c1. The van der Waals surface area contributed by atoms with E-state index in [0.717, 1.165) is 0 Å². The third-order valence-corrected chi connectivity index (χ3v) is 3.29. The van der Waals surface area contributed by atoms with Gasteiger partial charge in [-0.25, -0.2) is 0 Å². The van der Waals surface area contributed by atoms with E-state index in [1.807, 2.05) is 13.8 Å². The molecule has 1 aromatic carbocycles. The molecule has 0 aromatic heterocycles. The lowest BCUT2D eigenvalue weighted by Gasteiger charge is -2.31. The van der Waals surface area contributed by atoms with Gasteiger partial charge in [0.2, 0.25) is 0 Å². The summed E-state index contributed by atoms with van der Waals surface area (Å²) >= 11 is 0. The van der Waals surface area contributed by atoms with Crippen LogP contribution in [0.2, 0.25) is 0 Å². The normalized spacial score (nSPS) is 13.0. The van der Waals surface area contributed by atoms with Gasteiger partial charge < -0.3 is 25.1 Å². The Morgan fingerprint density at radius 3 is 1.89 bits per heavy atom. The molecule has 5 nitrogen and oxygen atoms in total. The number of hydrogen-bond donors (Lipinski definition) is 2. The second-order valence-electron chi connectivity index (χ2n) is 5.04. The molecule has 0 heterocycles. The third-order valence-electron chi connectivity index (χ3n) is 3.29. The summed E-state index contributed by atoms with van der Waals surface area (Å²) in [7, 11) is 4.65. The first-order chi connectivity index (χ1) is 8.91. The Hall–Kier alpha value is -1.46. The highest BCUT2D eigenvalue weighted by Gasteiger charge is 2.33. The molecule has 0 saturated heterocycles. The second-order valence-corrected chi connectivity index (χ2v) is 5.04. The Bertz CT molecular complexity index is 406. The van der Waals surface area contributed by atoms with E-state index >= 15 is 0 Å². The molecule has 0 bridgehead atoms. The van der Waals surface area contributed by atoms with E-state index in [-0.39, 0.29) is 0 Å². The first-order valence-electron chi connectivity index (χ1n) is 6.09. The van der Waals surface area contributed by atoms with Crippen molar-refractivity contribution < 1.29 is 19.3 Å². The number of methoxy groups -OCH3 is 3. The number of aliphatic hydroxyl groups is 1. The maximum absolute atomic E-state index is 10.6. The zero-order valence-corrected chi connectivity index (χ0v) is 12.2. The van der Waals surface area contributed by atoms with Gasteiger partial charge in [-0.1, -0.05) is 13.8 Å². The summed E-state index contributed by atoms with van der Waals surface area (Å²) in [5.41, 5.74) is 5.81. The van der Waals surface area contributed by atoms with Crippen LogP contribution in [-0.4, -0.2) is 33.0 Å². The van der Waals surface area contributed by atoms with Gasteiger partial charge in [0.25, 0.3) is 0 Å². The molecule has 1 aromatic rings. The van der Waals surface area contributed by atoms with E-state index < -0.39 is 11.5 Å². The van der Waals surface area contributed by atoms with Crippen molar-refractivity contribution in [2.75, 3.05) is 27.9 Å². The standard InChI is InChI=1S/C14H23NO4/c1-14(2,8-15)13(16)12-10(18-4)6-9(17-3)7-11(12)19-5/h6-7,13,16H,8,15H2,1-5H3. The molecule has 3 N–H and O–H groups in total. The van der Waals surface area contributed by atoms with Gasteiger partial charge in [-0.3, -0.25) is 0 Å². The van der Waals surface area contributed by atoms with Crippen molar-refractivity contribution in [2.24, 2.45) is 11.1 Å². The predicted octanol–water partition coefficient (Wildman–Crippen LogP) is 1.73. The molecule has 0 aliphatic carbocycles. The first-order valence-corrected chi connectivity index (χ1v) is 6.09. The second kappa shape index (κ2) is 6.12. The maximum atomic E-state index is 10.6. The zero-order valence-electron chi connectivity index (χ0n) is 12.2. The summed E-state index contributed by atoms with van der Waals surface area (Å²) in [5, 5.41) is 10.6. The van der Waals surface area contributed by atoms with Crippen molar-refractivity contribution in [2.45, 2.75) is 20.0 Å². The Balaban J connectivity index is 3.39. The minimum Gasteiger partial charge on any atom is -0.496 e. The lowest BCUT2D eigenvalue weighted by atomic mass is 9.82. The molecule has 108 valence electrons. The Labute approximate surface area is 114 Å². The van der Waals surface area contributed by atoms with E-state index in [9.17, 15) is 5.11 Å². The van der Waals surface area contributed by atoms with Crippen LogP contribution in [0.15, 0.2) is 12.1 Å². The summed E-state index contributed by atoms with van der Waals surface area (Å²) < 4.78 is 15.8. The van der Waals surface area contributed by atoms with E-state index in [1.165, 1.54) is 0 Å². The van der Waals surface area contributed by atoms with Crippen LogP contribution >= 0.6 is 0 Å². The van der Waals surface area contributed by atoms with Crippen molar-refractivity contribution in [1.29, 1.82) is 0 Å². The van der Waals surface area contributed by atoms with Crippen LogP contribution in [0, 0.1) is 5.41 Å². The summed E-state index contributed by atoms with van der Waals surface area (Å²) in [6, 6.07) is 3.43. The van der Waals surface area contributed by atoms with Crippen LogP contribution in [0.4, 0.5) is 0 Å². The fourth-order valence-electron chi connectivity index (χ4n) is 1.80. The predicted molar refractivity (Wildman–Crippen MR) is 73.9 cm³/mol. The van der Waals surface area contributed by atoms with Crippen molar-refractivity contribution >= 4 is 0 Å². The van der Waals surface area contributed by atoms with Gasteiger partial charge in [0.15, 0.2) is 0 Å². The van der Waals surface area contributed by atoms with Gasteiger partial charge in [0.1, 0.15) is 17.2 Å². The summed E-state index contributed by atoms with van der Waals surface area (Å²) in [6.07, 6.45) is -0.798. The monoisotopic (exact) mass is 269 g/mol. The van der Waals surface area contributed by atoms with Gasteiger partial charge in [0.05, 0.1) is 33.0 Å². The van der Waals surface area contributed by atoms with Crippen LogP contribution in [-0.2, 0) is 0 Å². The van der Waals surface area contributed by atoms with Gasteiger partial charge in [-0.15, -0.1) is 0 Å². The highest BCUT2D eigenvalue weighted by Crippen LogP contribution is 2.44. The lowest BCUT2D eigenvalue weighted by Crippen LogP contribution is -2.31. The van der Waals surface area contributed by atoms with E-state index in [2.05, 4.69) is 0 Å². The third kappa shape index (κ3) is 3.11. The van der Waals surface area contributed by atoms with E-state index in [0.29, 0.717) is 29.4 Å². The minimum absolute atomic E-state index is 0.340. The number of ether oxygens (including phenoxy) is 3. The molecule has 0 fully saturated rings. The zero-order chi connectivity index (χ0) is 14.6. The van der Waals surface area contributed by atoms with Crippen LogP contribution in [0.25, 0.3) is 0 Å². The molecule has 0 radical (unpaired) electrons.